The molecule has 18 heavy (non-hydrogen) atoms. The van der Waals surface area contributed by atoms with Gasteiger partial charge in [-0.3, -0.25) is 9.59 Å². The zero-order valence-electron chi connectivity index (χ0n) is 11.7. The molecule has 0 bridgehead atoms. The zero-order valence-corrected chi connectivity index (χ0v) is 11.7. The van der Waals surface area contributed by atoms with Gasteiger partial charge in [-0.05, 0) is 25.7 Å². The van der Waals surface area contributed by atoms with Crippen LogP contribution in [0.3, 0.4) is 0 Å². The summed E-state index contributed by atoms with van der Waals surface area (Å²) in [5.74, 6) is -1.60. The Morgan fingerprint density at radius 1 is 0.944 bits per heavy atom. The highest BCUT2D eigenvalue weighted by molar-refractivity contribution is 5.82. The van der Waals surface area contributed by atoms with Crippen LogP contribution in [0.25, 0.3) is 0 Å². The lowest BCUT2D eigenvalue weighted by atomic mass is 9.88. The quantitative estimate of drug-likeness (QED) is 0.596. The lowest BCUT2D eigenvalue weighted by molar-refractivity contribution is -0.161. The predicted molar refractivity (Wildman–Crippen MR) is 69.7 cm³/mol. The Kier molecular flexibility index (Phi) is 9.33. The highest BCUT2D eigenvalue weighted by Gasteiger charge is 2.33. The molecular weight excluding hydrogens is 232 g/mol. The average molecular weight is 257 g/mol. The first-order valence-corrected chi connectivity index (χ1v) is 6.74. The summed E-state index contributed by atoms with van der Waals surface area (Å²) < 4.78 is 10.2. The van der Waals surface area contributed by atoms with Crippen LogP contribution in [0.4, 0.5) is 0 Å². The molecule has 0 fully saturated rings. The van der Waals surface area contributed by atoms with Crippen molar-refractivity contribution in [3.05, 3.63) is 6.92 Å². The second-order valence-electron chi connectivity index (χ2n) is 4.24. The molecule has 0 rings (SSSR count). The van der Waals surface area contributed by atoms with Crippen LogP contribution in [-0.2, 0) is 19.1 Å². The number of esters is 2. The van der Waals surface area contributed by atoms with Crippen molar-refractivity contribution in [3.63, 3.8) is 0 Å². The van der Waals surface area contributed by atoms with Crippen LogP contribution in [0.2, 0.25) is 0 Å². The molecule has 0 aromatic heterocycles. The van der Waals surface area contributed by atoms with Gasteiger partial charge in [-0.15, -0.1) is 0 Å². The lowest BCUT2D eigenvalue weighted by Crippen LogP contribution is -2.32. The Morgan fingerprint density at radius 3 is 1.72 bits per heavy atom. The summed E-state index contributed by atoms with van der Waals surface area (Å²) >= 11 is 0. The number of carbonyl (C=O) groups excluding carboxylic acids is 2. The highest BCUT2D eigenvalue weighted by atomic mass is 16.5. The molecule has 0 amide bonds. The number of carbonyl (C=O) groups is 2. The number of hydrogen-bond donors (Lipinski definition) is 0. The van der Waals surface area contributed by atoms with E-state index in [1.54, 1.807) is 0 Å². The fraction of sp³-hybridized carbons (Fsp3) is 0.786. The van der Waals surface area contributed by atoms with E-state index in [2.05, 4.69) is 6.92 Å². The summed E-state index contributed by atoms with van der Waals surface area (Å²) in [5.41, 5.74) is 0. The molecule has 0 saturated carbocycles. The molecule has 0 spiro atoms. The van der Waals surface area contributed by atoms with Crippen LogP contribution < -0.4 is 0 Å². The third kappa shape index (κ3) is 5.52. The summed E-state index contributed by atoms with van der Waals surface area (Å²) in [4.78, 5) is 23.7. The Balaban J connectivity index is 4.55. The monoisotopic (exact) mass is 257 g/mol. The van der Waals surface area contributed by atoms with Gasteiger partial charge in [0, 0.05) is 0 Å². The predicted octanol–water partition coefficient (Wildman–Crippen LogP) is 2.76. The smallest absolute Gasteiger partial charge is 0.309 e. The molecule has 2 unspecified atom stereocenters. The Labute approximate surface area is 110 Å². The van der Waals surface area contributed by atoms with Gasteiger partial charge < -0.3 is 9.47 Å². The van der Waals surface area contributed by atoms with Crippen molar-refractivity contribution in [2.75, 3.05) is 13.2 Å². The molecular formula is C14H25O4. The third-order valence-corrected chi connectivity index (χ3v) is 2.74. The minimum Gasteiger partial charge on any atom is -0.465 e. The van der Waals surface area contributed by atoms with Crippen molar-refractivity contribution >= 4 is 11.9 Å². The van der Waals surface area contributed by atoms with Gasteiger partial charge in [-0.2, -0.15) is 0 Å². The van der Waals surface area contributed by atoms with E-state index in [0.29, 0.717) is 26.1 Å². The molecule has 0 saturated heterocycles. The van der Waals surface area contributed by atoms with E-state index in [9.17, 15) is 9.59 Å². The minimum absolute atomic E-state index is 0.318. The standard InChI is InChI=1S/C14H25O4/c1-5-9-17-13(15)11(7-3)12(8-4)14(16)18-10-6-2/h11-12H,3,5-10H2,1-2,4H3. The molecule has 0 aliphatic rings. The highest BCUT2D eigenvalue weighted by Crippen LogP contribution is 2.22. The van der Waals surface area contributed by atoms with E-state index in [1.165, 1.54) is 0 Å². The van der Waals surface area contributed by atoms with Gasteiger partial charge in [-0.25, -0.2) is 0 Å². The second kappa shape index (κ2) is 9.92. The van der Waals surface area contributed by atoms with Gasteiger partial charge >= 0.3 is 11.9 Å². The van der Waals surface area contributed by atoms with Gasteiger partial charge in [0.2, 0.25) is 0 Å². The third-order valence-electron chi connectivity index (χ3n) is 2.74. The Hall–Kier alpha value is -1.06. The molecule has 105 valence electrons. The molecule has 0 aliphatic carbocycles. The topological polar surface area (TPSA) is 52.6 Å². The maximum atomic E-state index is 11.9. The van der Waals surface area contributed by atoms with Gasteiger partial charge in [0.15, 0.2) is 0 Å². The summed E-state index contributed by atoms with van der Waals surface area (Å²) in [5, 5.41) is 0. The molecule has 1 radical (unpaired) electrons. The van der Waals surface area contributed by atoms with Crippen molar-refractivity contribution < 1.29 is 19.1 Å². The number of ether oxygens (including phenoxy) is 2. The van der Waals surface area contributed by atoms with Crippen LogP contribution in [0.15, 0.2) is 0 Å². The van der Waals surface area contributed by atoms with Crippen LogP contribution in [0, 0.1) is 18.8 Å². The maximum absolute atomic E-state index is 11.9. The molecule has 4 nitrogen and oxygen atoms in total. The average Bonchev–Trinajstić information content (AvgIpc) is 2.39. The SMILES string of the molecule is [CH2]CC(C(=O)OCCC)C(CC)C(=O)OCCC. The fourth-order valence-electron chi connectivity index (χ4n) is 1.72. The summed E-state index contributed by atoms with van der Waals surface area (Å²) in [6, 6.07) is 0. The van der Waals surface area contributed by atoms with Crippen molar-refractivity contribution in [1.82, 2.24) is 0 Å². The maximum Gasteiger partial charge on any atom is 0.309 e. The molecule has 0 aliphatic heterocycles. The van der Waals surface area contributed by atoms with E-state index in [4.69, 9.17) is 9.47 Å². The van der Waals surface area contributed by atoms with Gasteiger partial charge in [0.1, 0.15) is 0 Å². The van der Waals surface area contributed by atoms with E-state index < -0.39 is 11.8 Å². The fourth-order valence-corrected chi connectivity index (χ4v) is 1.72. The van der Waals surface area contributed by atoms with Crippen LogP contribution in [-0.4, -0.2) is 25.2 Å². The molecule has 0 aromatic carbocycles. The number of rotatable bonds is 9. The van der Waals surface area contributed by atoms with E-state index in [1.807, 2.05) is 20.8 Å². The Morgan fingerprint density at radius 2 is 1.39 bits per heavy atom. The van der Waals surface area contributed by atoms with Crippen molar-refractivity contribution in [2.24, 2.45) is 11.8 Å². The first kappa shape index (κ1) is 16.9. The summed E-state index contributed by atoms with van der Waals surface area (Å²) in [6.45, 7) is 10.2. The molecule has 4 heteroatoms. The molecule has 0 N–H and O–H groups in total. The van der Waals surface area contributed by atoms with Gasteiger partial charge in [0.05, 0.1) is 25.0 Å². The summed E-state index contributed by atoms with van der Waals surface area (Å²) in [6.07, 6.45) is 2.45. The molecule has 2 atom stereocenters. The van der Waals surface area contributed by atoms with Crippen molar-refractivity contribution in [1.29, 1.82) is 0 Å². The normalized spacial score (nSPS) is 13.8. The van der Waals surface area contributed by atoms with E-state index >= 15 is 0 Å². The van der Waals surface area contributed by atoms with Crippen molar-refractivity contribution in [2.45, 2.75) is 46.5 Å². The first-order valence-electron chi connectivity index (χ1n) is 6.74. The van der Waals surface area contributed by atoms with E-state index in [0.717, 1.165) is 12.8 Å². The van der Waals surface area contributed by atoms with Crippen LogP contribution in [0.1, 0.15) is 46.5 Å². The first-order chi connectivity index (χ1) is 8.62. The van der Waals surface area contributed by atoms with Gasteiger partial charge in [0.25, 0.3) is 0 Å². The second-order valence-corrected chi connectivity index (χ2v) is 4.24. The minimum atomic E-state index is -0.495. The largest absolute Gasteiger partial charge is 0.465 e. The zero-order chi connectivity index (χ0) is 14.0. The summed E-state index contributed by atoms with van der Waals surface area (Å²) in [7, 11) is 0. The van der Waals surface area contributed by atoms with Crippen LogP contribution in [0.5, 0.6) is 0 Å². The lowest BCUT2D eigenvalue weighted by Gasteiger charge is -2.22. The number of hydrogen-bond acceptors (Lipinski definition) is 4. The van der Waals surface area contributed by atoms with Crippen LogP contribution >= 0.6 is 0 Å². The molecule has 0 heterocycles. The van der Waals surface area contributed by atoms with Crippen molar-refractivity contribution in [3.8, 4) is 0 Å². The molecule has 0 aromatic rings. The van der Waals surface area contributed by atoms with E-state index in [-0.39, 0.29) is 11.9 Å². The van der Waals surface area contributed by atoms with Gasteiger partial charge in [-0.1, -0.05) is 27.7 Å². The Bertz CT molecular complexity index is 224.